The second-order valence-corrected chi connectivity index (χ2v) is 4.31. The van der Waals surface area contributed by atoms with E-state index in [4.69, 9.17) is 0 Å². The van der Waals surface area contributed by atoms with E-state index in [1.807, 2.05) is 24.3 Å². The minimum Gasteiger partial charge on any atom is -0.314 e. The van der Waals surface area contributed by atoms with Crippen LogP contribution in [0.4, 0.5) is 4.39 Å². The molecule has 0 spiro atoms. The molecule has 0 amide bonds. The highest BCUT2D eigenvalue weighted by atomic mass is 19.1. The van der Waals surface area contributed by atoms with E-state index >= 15 is 0 Å². The number of nitrogens with one attached hydrogen (secondary N) is 1. The zero-order chi connectivity index (χ0) is 10.7. The number of hydrogen-bond donors (Lipinski definition) is 1. The Bertz CT molecular complexity index is 316. The van der Waals surface area contributed by atoms with Crippen molar-refractivity contribution in [1.82, 2.24) is 5.32 Å². The zero-order valence-corrected chi connectivity index (χ0v) is 9.17. The molecule has 1 heterocycles. The van der Waals surface area contributed by atoms with E-state index in [0.29, 0.717) is 6.04 Å². The summed E-state index contributed by atoms with van der Waals surface area (Å²) in [5, 5.41) is 3.45. The van der Waals surface area contributed by atoms with Crippen molar-refractivity contribution >= 4 is 0 Å². The second kappa shape index (κ2) is 4.75. The third-order valence-corrected chi connectivity index (χ3v) is 3.11. The first kappa shape index (κ1) is 10.6. The van der Waals surface area contributed by atoms with Gasteiger partial charge in [-0.2, -0.15) is 0 Å². The highest BCUT2D eigenvalue weighted by Crippen LogP contribution is 2.23. The number of halogens is 1. The fourth-order valence-electron chi connectivity index (χ4n) is 2.30. The Morgan fingerprint density at radius 2 is 2.27 bits per heavy atom. The van der Waals surface area contributed by atoms with Gasteiger partial charge in [-0.15, -0.1) is 0 Å². The maximum atomic E-state index is 13.3. The van der Waals surface area contributed by atoms with E-state index < -0.39 is 6.17 Å². The predicted molar refractivity (Wildman–Crippen MR) is 60.7 cm³/mol. The smallest absolute Gasteiger partial charge is 0.123 e. The number of hydrogen-bond acceptors (Lipinski definition) is 1. The molecule has 1 aromatic carbocycles. The van der Waals surface area contributed by atoms with Crippen LogP contribution in [0.25, 0.3) is 0 Å². The van der Waals surface area contributed by atoms with Gasteiger partial charge in [-0.3, -0.25) is 0 Å². The Kier molecular flexibility index (Phi) is 3.37. The van der Waals surface area contributed by atoms with Crippen LogP contribution in [0, 0.1) is 0 Å². The Morgan fingerprint density at radius 1 is 1.47 bits per heavy atom. The number of alkyl halides is 1. The SMILES string of the molecule is CC(F)c1ccccc1CC1CCCN1. The molecule has 2 unspecified atom stereocenters. The summed E-state index contributed by atoms with van der Waals surface area (Å²) < 4.78 is 13.3. The Hall–Kier alpha value is -0.890. The maximum absolute atomic E-state index is 13.3. The van der Waals surface area contributed by atoms with Crippen LogP contribution in [0.15, 0.2) is 24.3 Å². The van der Waals surface area contributed by atoms with Crippen molar-refractivity contribution in [2.24, 2.45) is 0 Å². The maximum Gasteiger partial charge on any atom is 0.123 e. The van der Waals surface area contributed by atoms with Crippen molar-refractivity contribution in [2.45, 2.75) is 38.4 Å². The minimum absolute atomic E-state index is 0.546. The molecule has 1 aromatic rings. The zero-order valence-electron chi connectivity index (χ0n) is 9.17. The van der Waals surface area contributed by atoms with Gasteiger partial charge in [-0.05, 0) is 43.9 Å². The summed E-state index contributed by atoms with van der Waals surface area (Å²) in [6, 6.07) is 8.40. The van der Waals surface area contributed by atoms with Gasteiger partial charge in [0, 0.05) is 6.04 Å². The first-order valence-corrected chi connectivity index (χ1v) is 5.72. The van der Waals surface area contributed by atoms with Crippen molar-refractivity contribution in [3.8, 4) is 0 Å². The lowest BCUT2D eigenvalue weighted by atomic mass is 9.97. The van der Waals surface area contributed by atoms with Crippen LogP contribution in [0.2, 0.25) is 0 Å². The molecule has 2 atom stereocenters. The molecule has 0 saturated carbocycles. The van der Waals surface area contributed by atoms with Gasteiger partial charge in [0.2, 0.25) is 0 Å². The Labute approximate surface area is 90.7 Å². The van der Waals surface area contributed by atoms with Crippen molar-refractivity contribution < 1.29 is 4.39 Å². The van der Waals surface area contributed by atoms with Gasteiger partial charge in [0.25, 0.3) is 0 Å². The summed E-state index contributed by atoms with van der Waals surface area (Å²) in [4.78, 5) is 0. The summed E-state index contributed by atoms with van der Waals surface area (Å²) in [5.41, 5.74) is 2.01. The monoisotopic (exact) mass is 207 g/mol. The van der Waals surface area contributed by atoms with Gasteiger partial charge in [0.1, 0.15) is 6.17 Å². The van der Waals surface area contributed by atoms with E-state index in [9.17, 15) is 4.39 Å². The highest BCUT2D eigenvalue weighted by Gasteiger charge is 2.17. The van der Waals surface area contributed by atoms with Gasteiger partial charge >= 0.3 is 0 Å². The average Bonchev–Trinajstić information content (AvgIpc) is 2.71. The van der Waals surface area contributed by atoms with Crippen molar-refractivity contribution in [3.63, 3.8) is 0 Å². The van der Waals surface area contributed by atoms with Gasteiger partial charge in [-0.25, -0.2) is 4.39 Å². The third kappa shape index (κ3) is 2.57. The molecule has 0 aliphatic carbocycles. The molecule has 0 radical (unpaired) electrons. The lowest BCUT2D eigenvalue weighted by molar-refractivity contribution is 0.371. The van der Waals surface area contributed by atoms with E-state index in [1.165, 1.54) is 12.8 Å². The predicted octanol–water partition coefficient (Wildman–Crippen LogP) is 3.01. The Morgan fingerprint density at radius 3 is 2.93 bits per heavy atom. The van der Waals surface area contributed by atoms with Gasteiger partial charge < -0.3 is 5.32 Å². The molecule has 2 heteroatoms. The van der Waals surface area contributed by atoms with Crippen LogP contribution in [-0.2, 0) is 6.42 Å². The Balaban J connectivity index is 2.12. The molecular weight excluding hydrogens is 189 g/mol. The highest BCUT2D eigenvalue weighted by molar-refractivity contribution is 5.29. The standard InChI is InChI=1S/C13H18FN/c1-10(14)13-7-3-2-5-11(13)9-12-6-4-8-15-12/h2-3,5,7,10,12,15H,4,6,8-9H2,1H3. The van der Waals surface area contributed by atoms with Crippen LogP contribution >= 0.6 is 0 Å². The summed E-state index contributed by atoms with van der Waals surface area (Å²) in [6.07, 6.45) is 2.57. The minimum atomic E-state index is -0.859. The van der Waals surface area contributed by atoms with Crippen LogP contribution in [0.5, 0.6) is 0 Å². The summed E-state index contributed by atoms with van der Waals surface area (Å²) >= 11 is 0. The third-order valence-electron chi connectivity index (χ3n) is 3.11. The topological polar surface area (TPSA) is 12.0 Å². The first-order chi connectivity index (χ1) is 7.27. The number of rotatable bonds is 3. The van der Waals surface area contributed by atoms with E-state index in [2.05, 4.69) is 5.32 Å². The first-order valence-electron chi connectivity index (χ1n) is 5.72. The second-order valence-electron chi connectivity index (χ2n) is 4.31. The molecule has 82 valence electrons. The molecule has 1 saturated heterocycles. The quantitative estimate of drug-likeness (QED) is 0.803. The molecular formula is C13H18FN. The van der Waals surface area contributed by atoms with Crippen molar-refractivity contribution in [3.05, 3.63) is 35.4 Å². The van der Waals surface area contributed by atoms with Crippen molar-refractivity contribution in [2.75, 3.05) is 6.54 Å². The van der Waals surface area contributed by atoms with E-state index in [1.54, 1.807) is 6.92 Å². The summed E-state index contributed by atoms with van der Waals surface area (Å²) in [5.74, 6) is 0. The van der Waals surface area contributed by atoms with Crippen LogP contribution in [0.1, 0.15) is 37.1 Å². The van der Waals surface area contributed by atoms with Gasteiger partial charge in [0.15, 0.2) is 0 Å². The summed E-state index contributed by atoms with van der Waals surface area (Å²) in [6.45, 7) is 2.72. The molecule has 0 aromatic heterocycles. The van der Waals surface area contributed by atoms with Crippen LogP contribution in [0.3, 0.4) is 0 Å². The van der Waals surface area contributed by atoms with Gasteiger partial charge in [-0.1, -0.05) is 24.3 Å². The fourth-order valence-corrected chi connectivity index (χ4v) is 2.30. The molecule has 2 rings (SSSR count). The normalized spacial score (nSPS) is 22.9. The summed E-state index contributed by atoms with van der Waals surface area (Å²) in [7, 11) is 0. The number of benzene rings is 1. The molecule has 1 aliphatic rings. The molecule has 1 fully saturated rings. The largest absolute Gasteiger partial charge is 0.314 e. The average molecular weight is 207 g/mol. The molecule has 0 bridgehead atoms. The molecule has 15 heavy (non-hydrogen) atoms. The van der Waals surface area contributed by atoms with E-state index in [-0.39, 0.29) is 0 Å². The molecule has 1 N–H and O–H groups in total. The van der Waals surface area contributed by atoms with E-state index in [0.717, 1.165) is 24.1 Å². The fraction of sp³-hybridized carbons (Fsp3) is 0.538. The van der Waals surface area contributed by atoms with Crippen LogP contribution in [-0.4, -0.2) is 12.6 Å². The van der Waals surface area contributed by atoms with Gasteiger partial charge in [0.05, 0.1) is 0 Å². The molecule has 1 nitrogen and oxygen atoms in total. The van der Waals surface area contributed by atoms with Crippen molar-refractivity contribution in [1.29, 1.82) is 0 Å². The molecule has 1 aliphatic heterocycles. The lowest BCUT2D eigenvalue weighted by Crippen LogP contribution is -2.24. The van der Waals surface area contributed by atoms with Crippen LogP contribution < -0.4 is 5.32 Å². The lowest BCUT2D eigenvalue weighted by Gasteiger charge is -2.14.